The Balaban J connectivity index is 1.56. The Morgan fingerprint density at radius 1 is 1.48 bits per heavy atom. The molecule has 0 spiro atoms. The molecule has 2 N–H and O–H groups in total. The number of hydrogen-bond donors (Lipinski definition) is 2. The highest BCUT2D eigenvalue weighted by Gasteiger charge is 2.29. The van der Waals surface area contributed by atoms with Gasteiger partial charge in [0.15, 0.2) is 0 Å². The number of nitrogens with one attached hydrogen (secondary N) is 2. The predicted molar refractivity (Wildman–Crippen MR) is 96.4 cm³/mol. The van der Waals surface area contributed by atoms with Crippen LogP contribution in [0.2, 0.25) is 0 Å². The molecule has 2 atom stereocenters. The number of carbonyl (C=O) groups is 1. The summed E-state index contributed by atoms with van der Waals surface area (Å²) in [5.74, 6) is 2.23. The van der Waals surface area contributed by atoms with Gasteiger partial charge in [-0.1, -0.05) is 18.2 Å². The van der Waals surface area contributed by atoms with Gasteiger partial charge in [0, 0.05) is 37.0 Å². The second-order valence-electron chi connectivity index (χ2n) is 6.51. The smallest absolute Gasteiger partial charge is 0.237 e. The molecule has 3 rings (SSSR count). The van der Waals surface area contributed by atoms with E-state index < -0.39 is 0 Å². The fourth-order valence-electron chi connectivity index (χ4n) is 3.43. The van der Waals surface area contributed by atoms with Gasteiger partial charge in [-0.25, -0.2) is 4.98 Å². The van der Waals surface area contributed by atoms with Gasteiger partial charge in [0.1, 0.15) is 11.6 Å². The van der Waals surface area contributed by atoms with E-state index in [1.54, 1.807) is 13.3 Å². The van der Waals surface area contributed by atoms with E-state index in [0.717, 1.165) is 43.1 Å². The van der Waals surface area contributed by atoms with Crippen LogP contribution in [0.25, 0.3) is 0 Å². The summed E-state index contributed by atoms with van der Waals surface area (Å²) in [4.78, 5) is 22.4. The molecule has 1 aliphatic rings. The Bertz CT molecular complexity index is 686. The highest BCUT2D eigenvalue weighted by molar-refractivity contribution is 5.81. The molecule has 2 unspecified atom stereocenters. The summed E-state index contributed by atoms with van der Waals surface area (Å²) < 4.78 is 5.34. The molecule has 0 radical (unpaired) electrons. The first-order chi connectivity index (χ1) is 12.2. The van der Waals surface area contributed by atoms with Crippen molar-refractivity contribution in [2.24, 2.45) is 0 Å². The number of likely N-dealkylation sites (tertiary alicyclic amines) is 1. The molecule has 1 amide bonds. The first-order valence-electron chi connectivity index (χ1n) is 8.82. The van der Waals surface area contributed by atoms with Gasteiger partial charge < -0.3 is 15.0 Å². The van der Waals surface area contributed by atoms with Crippen LogP contribution in [0.15, 0.2) is 36.7 Å². The number of para-hydroxylation sites is 1. The van der Waals surface area contributed by atoms with Gasteiger partial charge in [-0.05, 0) is 32.4 Å². The Morgan fingerprint density at radius 3 is 3.08 bits per heavy atom. The number of methoxy groups -OCH3 is 1. The van der Waals surface area contributed by atoms with Crippen molar-refractivity contribution in [1.82, 2.24) is 20.2 Å². The summed E-state index contributed by atoms with van der Waals surface area (Å²) in [6.45, 7) is 4.25. The number of hydrogen-bond acceptors (Lipinski definition) is 4. The van der Waals surface area contributed by atoms with Crippen molar-refractivity contribution in [3.63, 3.8) is 0 Å². The minimum absolute atomic E-state index is 0.0472. The van der Waals surface area contributed by atoms with Gasteiger partial charge in [0.25, 0.3) is 0 Å². The minimum Gasteiger partial charge on any atom is -0.496 e. The summed E-state index contributed by atoms with van der Waals surface area (Å²) in [7, 11) is 1.64. The number of amides is 1. The van der Waals surface area contributed by atoms with Crippen LogP contribution in [0.4, 0.5) is 0 Å². The molecular formula is C19H26N4O2. The van der Waals surface area contributed by atoms with Crippen LogP contribution in [0.3, 0.4) is 0 Å². The molecule has 0 bridgehead atoms. The molecule has 6 nitrogen and oxygen atoms in total. The third-order valence-electron chi connectivity index (χ3n) is 4.93. The number of ether oxygens (including phenoxy) is 1. The molecule has 1 aliphatic heterocycles. The molecule has 1 saturated heterocycles. The van der Waals surface area contributed by atoms with Gasteiger partial charge in [-0.3, -0.25) is 9.69 Å². The summed E-state index contributed by atoms with van der Waals surface area (Å²) >= 11 is 0. The average molecular weight is 342 g/mol. The van der Waals surface area contributed by atoms with Crippen molar-refractivity contribution >= 4 is 5.91 Å². The summed E-state index contributed by atoms with van der Waals surface area (Å²) in [6, 6.07) is 7.59. The number of rotatable bonds is 6. The fraction of sp³-hybridized carbons (Fsp3) is 0.474. The van der Waals surface area contributed by atoms with Crippen LogP contribution in [0, 0.1) is 0 Å². The fourth-order valence-corrected chi connectivity index (χ4v) is 3.43. The van der Waals surface area contributed by atoms with E-state index in [4.69, 9.17) is 4.74 Å². The van der Waals surface area contributed by atoms with Gasteiger partial charge in [0.05, 0.1) is 13.2 Å². The lowest BCUT2D eigenvalue weighted by Crippen LogP contribution is -2.48. The highest BCUT2D eigenvalue weighted by Crippen LogP contribution is 2.25. The zero-order valence-electron chi connectivity index (χ0n) is 14.9. The van der Waals surface area contributed by atoms with Crippen molar-refractivity contribution in [2.45, 2.75) is 38.3 Å². The van der Waals surface area contributed by atoms with Crippen molar-refractivity contribution in [3.8, 4) is 5.75 Å². The number of piperidine rings is 1. The highest BCUT2D eigenvalue weighted by atomic mass is 16.5. The number of aromatic amines is 1. The zero-order valence-corrected chi connectivity index (χ0v) is 14.9. The second kappa shape index (κ2) is 8.16. The van der Waals surface area contributed by atoms with Crippen molar-refractivity contribution in [1.29, 1.82) is 0 Å². The molecule has 1 aromatic carbocycles. The zero-order chi connectivity index (χ0) is 17.6. The van der Waals surface area contributed by atoms with E-state index in [1.165, 1.54) is 0 Å². The van der Waals surface area contributed by atoms with Crippen LogP contribution < -0.4 is 10.1 Å². The maximum absolute atomic E-state index is 12.6. The lowest BCUT2D eigenvalue weighted by molar-refractivity contribution is -0.126. The first-order valence-corrected chi connectivity index (χ1v) is 8.82. The molecule has 25 heavy (non-hydrogen) atoms. The summed E-state index contributed by atoms with van der Waals surface area (Å²) in [6.07, 6.45) is 5.84. The molecule has 0 saturated carbocycles. The predicted octanol–water partition coefficient (Wildman–Crippen LogP) is 2.30. The largest absolute Gasteiger partial charge is 0.496 e. The number of aromatic nitrogens is 2. The number of imidazole rings is 1. The van der Waals surface area contributed by atoms with Crippen LogP contribution in [-0.4, -0.2) is 47.0 Å². The SMILES string of the molecule is COc1ccccc1CNC(=O)C(C)N1CCCC(c2ncc[nH]2)C1. The standard InChI is InChI=1S/C19H26N4O2/c1-14(19(24)22-12-15-6-3-4-8-17(15)25-2)23-11-5-7-16(13-23)18-20-9-10-21-18/h3-4,6,8-10,14,16H,5,7,11-13H2,1-2H3,(H,20,21)(H,22,24). The topological polar surface area (TPSA) is 70.2 Å². The molecule has 134 valence electrons. The van der Waals surface area contributed by atoms with Crippen LogP contribution in [-0.2, 0) is 11.3 Å². The van der Waals surface area contributed by atoms with Crippen molar-refractivity contribution in [3.05, 3.63) is 48.0 Å². The number of nitrogens with zero attached hydrogens (tertiary/aromatic N) is 2. The third kappa shape index (κ3) is 4.20. The molecular weight excluding hydrogens is 316 g/mol. The molecule has 0 aliphatic carbocycles. The Morgan fingerprint density at radius 2 is 2.32 bits per heavy atom. The van der Waals surface area contributed by atoms with E-state index in [2.05, 4.69) is 20.2 Å². The van der Waals surface area contributed by atoms with E-state index >= 15 is 0 Å². The van der Waals surface area contributed by atoms with Gasteiger partial charge in [-0.15, -0.1) is 0 Å². The lowest BCUT2D eigenvalue weighted by atomic mass is 9.96. The minimum atomic E-state index is -0.160. The first kappa shape index (κ1) is 17.5. The Labute approximate surface area is 148 Å². The molecule has 1 fully saturated rings. The second-order valence-corrected chi connectivity index (χ2v) is 6.51. The van der Waals surface area contributed by atoms with E-state index in [9.17, 15) is 4.79 Å². The maximum Gasteiger partial charge on any atom is 0.237 e. The Kier molecular flexibility index (Phi) is 5.71. The van der Waals surface area contributed by atoms with Crippen LogP contribution in [0.1, 0.15) is 37.1 Å². The molecule has 1 aromatic heterocycles. The number of benzene rings is 1. The van der Waals surface area contributed by atoms with E-state index in [0.29, 0.717) is 12.5 Å². The number of H-pyrrole nitrogens is 1. The van der Waals surface area contributed by atoms with E-state index in [1.807, 2.05) is 37.4 Å². The quantitative estimate of drug-likeness (QED) is 0.845. The van der Waals surface area contributed by atoms with Crippen molar-refractivity contribution in [2.75, 3.05) is 20.2 Å². The maximum atomic E-state index is 12.6. The normalized spacial score (nSPS) is 19.4. The van der Waals surface area contributed by atoms with E-state index in [-0.39, 0.29) is 11.9 Å². The molecule has 2 aromatic rings. The summed E-state index contributed by atoms with van der Waals surface area (Å²) in [5, 5.41) is 3.04. The van der Waals surface area contributed by atoms with Gasteiger partial charge in [-0.2, -0.15) is 0 Å². The third-order valence-corrected chi connectivity index (χ3v) is 4.93. The van der Waals surface area contributed by atoms with Crippen LogP contribution >= 0.6 is 0 Å². The van der Waals surface area contributed by atoms with Gasteiger partial charge >= 0.3 is 0 Å². The lowest BCUT2D eigenvalue weighted by Gasteiger charge is -2.35. The van der Waals surface area contributed by atoms with Gasteiger partial charge in [0.2, 0.25) is 5.91 Å². The number of carbonyl (C=O) groups excluding carboxylic acids is 1. The molecule has 2 heterocycles. The summed E-state index contributed by atoms with van der Waals surface area (Å²) in [5.41, 5.74) is 0.984. The van der Waals surface area contributed by atoms with Crippen LogP contribution in [0.5, 0.6) is 5.75 Å². The Hall–Kier alpha value is -2.34. The van der Waals surface area contributed by atoms with Crippen molar-refractivity contribution < 1.29 is 9.53 Å². The molecule has 6 heteroatoms. The average Bonchev–Trinajstić information content (AvgIpc) is 3.20. The monoisotopic (exact) mass is 342 g/mol.